The predicted molar refractivity (Wildman–Crippen MR) is 73.4 cm³/mol. The molecule has 0 aliphatic heterocycles. The largest absolute Gasteiger partial charge is 1.00 e. The van der Waals surface area contributed by atoms with Gasteiger partial charge < -0.3 is 14.6 Å². The van der Waals surface area contributed by atoms with Crippen molar-refractivity contribution in [3.8, 4) is 5.75 Å². The molecule has 0 N–H and O–H groups in total. The molecule has 0 saturated carbocycles. The van der Waals surface area contributed by atoms with Crippen LogP contribution in [0.3, 0.4) is 0 Å². The molecule has 1 aromatic heterocycles. The van der Waals surface area contributed by atoms with E-state index in [0.717, 1.165) is 27.2 Å². The van der Waals surface area contributed by atoms with Crippen LogP contribution in [-0.2, 0) is 4.79 Å². The van der Waals surface area contributed by atoms with E-state index in [1.807, 2.05) is 31.2 Å². The Balaban J connectivity index is 0.00000200. The summed E-state index contributed by atoms with van der Waals surface area (Å²) >= 11 is 1.26. The van der Waals surface area contributed by atoms with Gasteiger partial charge in [-0.15, -0.1) is 11.8 Å². The van der Waals surface area contributed by atoms with Crippen LogP contribution in [0.25, 0.3) is 10.9 Å². The van der Waals surface area contributed by atoms with E-state index in [0.29, 0.717) is 0 Å². The van der Waals surface area contributed by atoms with Gasteiger partial charge in [0.25, 0.3) is 0 Å². The smallest absolute Gasteiger partial charge is 0.549 e. The number of thioether (sulfide) groups is 1. The zero-order chi connectivity index (χ0) is 14.0. The molecule has 0 saturated heterocycles. The van der Waals surface area contributed by atoms with Gasteiger partial charge >= 0.3 is 29.6 Å². The fourth-order valence-electron chi connectivity index (χ4n) is 1.76. The first-order chi connectivity index (χ1) is 9.01. The summed E-state index contributed by atoms with van der Waals surface area (Å²) in [6.45, 7) is 3.50. The van der Waals surface area contributed by atoms with Crippen molar-refractivity contribution >= 4 is 28.6 Å². The Morgan fingerprint density at radius 2 is 2.10 bits per heavy atom. The summed E-state index contributed by atoms with van der Waals surface area (Å²) in [6, 6.07) is 7.46. The summed E-state index contributed by atoms with van der Waals surface area (Å²) in [6.07, 6.45) is 0. The molecule has 4 nitrogen and oxygen atoms in total. The third-order valence-corrected chi connectivity index (χ3v) is 3.88. The van der Waals surface area contributed by atoms with Crippen LogP contribution < -0.4 is 39.4 Å². The second-order valence-electron chi connectivity index (χ2n) is 4.22. The molecule has 2 aromatic rings. The molecule has 1 atom stereocenters. The van der Waals surface area contributed by atoms with Gasteiger partial charge in [-0.3, -0.25) is 4.98 Å². The topological polar surface area (TPSA) is 62.2 Å². The van der Waals surface area contributed by atoms with Gasteiger partial charge in [0.1, 0.15) is 5.75 Å². The van der Waals surface area contributed by atoms with Gasteiger partial charge in [0, 0.05) is 21.2 Å². The first-order valence-corrected chi connectivity index (χ1v) is 6.72. The van der Waals surface area contributed by atoms with E-state index in [-0.39, 0.29) is 29.6 Å². The van der Waals surface area contributed by atoms with E-state index in [4.69, 9.17) is 4.74 Å². The van der Waals surface area contributed by atoms with Crippen LogP contribution in [0.1, 0.15) is 12.6 Å². The van der Waals surface area contributed by atoms with Crippen molar-refractivity contribution in [3.05, 3.63) is 30.0 Å². The monoisotopic (exact) mass is 299 g/mol. The zero-order valence-corrected chi connectivity index (χ0v) is 14.8. The number of carboxylic acids is 1. The minimum Gasteiger partial charge on any atom is -0.549 e. The van der Waals surface area contributed by atoms with E-state index in [9.17, 15) is 9.90 Å². The molecule has 1 unspecified atom stereocenters. The van der Waals surface area contributed by atoms with E-state index < -0.39 is 11.2 Å². The number of hydrogen-bond donors (Lipinski definition) is 0. The Morgan fingerprint density at radius 1 is 1.40 bits per heavy atom. The van der Waals surface area contributed by atoms with Crippen LogP contribution in [0.2, 0.25) is 0 Å². The Labute approximate surface area is 144 Å². The summed E-state index contributed by atoms with van der Waals surface area (Å²) in [5.74, 6) is -0.350. The van der Waals surface area contributed by atoms with Gasteiger partial charge in [0.15, 0.2) is 0 Å². The molecular weight excluding hydrogens is 285 g/mol. The van der Waals surface area contributed by atoms with Crippen molar-refractivity contribution < 1.29 is 44.2 Å². The number of aliphatic carboxylic acids is 1. The molecular formula is C14H14NNaO3S. The molecule has 0 fully saturated rings. The number of carboxylic acid groups (broad SMARTS) is 1. The van der Waals surface area contributed by atoms with E-state index in [2.05, 4.69) is 4.98 Å². The molecule has 0 amide bonds. The molecule has 0 aliphatic carbocycles. The van der Waals surface area contributed by atoms with E-state index >= 15 is 0 Å². The van der Waals surface area contributed by atoms with Crippen molar-refractivity contribution in [3.63, 3.8) is 0 Å². The van der Waals surface area contributed by atoms with Crippen molar-refractivity contribution in [2.24, 2.45) is 0 Å². The molecule has 2 rings (SSSR count). The summed E-state index contributed by atoms with van der Waals surface area (Å²) in [4.78, 5) is 16.2. The van der Waals surface area contributed by atoms with Crippen molar-refractivity contribution in [1.29, 1.82) is 0 Å². The first kappa shape index (κ1) is 17.3. The number of rotatable bonds is 4. The van der Waals surface area contributed by atoms with Crippen LogP contribution in [-0.4, -0.2) is 23.3 Å². The minimum absolute atomic E-state index is 0. The maximum absolute atomic E-state index is 10.9. The van der Waals surface area contributed by atoms with Crippen molar-refractivity contribution in [1.82, 2.24) is 4.98 Å². The summed E-state index contributed by atoms with van der Waals surface area (Å²) in [7, 11) is 1.60. The van der Waals surface area contributed by atoms with Crippen LogP contribution >= 0.6 is 11.8 Å². The number of aryl methyl sites for hydroxylation is 1. The average molecular weight is 299 g/mol. The van der Waals surface area contributed by atoms with Gasteiger partial charge in [0.2, 0.25) is 0 Å². The van der Waals surface area contributed by atoms with Crippen LogP contribution in [0, 0.1) is 6.92 Å². The van der Waals surface area contributed by atoms with Gasteiger partial charge in [-0.25, -0.2) is 0 Å². The maximum Gasteiger partial charge on any atom is 1.00 e. The van der Waals surface area contributed by atoms with Gasteiger partial charge in [0.05, 0.1) is 18.6 Å². The van der Waals surface area contributed by atoms with E-state index in [1.165, 1.54) is 11.8 Å². The number of benzene rings is 1. The second kappa shape index (κ2) is 7.31. The molecule has 100 valence electrons. The molecule has 1 heterocycles. The number of aromatic nitrogens is 1. The standard InChI is InChI=1S/C14H15NO3S.Na/c1-8-6-13(19-9(2)14(16)17)11-7-10(18-3)4-5-12(11)15-8;/h4-7,9H,1-3H3,(H,16,17);/q;+1/p-1. The maximum atomic E-state index is 10.9. The second-order valence-corrected chi connectivity index (χ2v) is 5.61. The number of carbonyl (C=O) groups is 1. The number of methoxy groups -OCH3 is 1. The number of nitrogens with zero attached hydrogens (tertiary/aromatic N) is 1. The number of hydrogen-bond acceptors (Lipinski definition) is 5. The number of pyridine rings is 1. The number of ether oxygens (including phenoxy) is 1. The molecule has 1 aromatic carbocycles. The zero-order valence-electron chi connectivity index (χ0n) is 12.0. The van der Waals surface area contributed by atoms with Crippen LogP contribution in [0.5, 0.6) is 5.75 Å². The fourth-order valence-corrected chi connectivity index (χ4v) is 2.77. The number of fused-ring (bicyclic) bond motifs is 1. The van der Waals surface area contributed by atoms with Crippen LogP contribution in [0.4, 0.5) is 0 Å². The summed E-state index contributed by atoms with van der Waals surface area (Å²) in [5.41, 5.74) is 1.68. The SMILES string of the molecule is COc1ccc2nc(C)cc(SC(C)C(=O)[O-])c2c1.[Na+]. The molecule has 20 heavy (non-hydrogen) atoms. The average Bonchev–Trinajstić information content (AvgIpc) is 2.38. The fraction of sp³-hybridized carbons (Fsp3) is 0.286. The summed E-state index contributed by atoms with van der Waals surface area (Å²) < 4.78 is 5.19. The van der Waals surface area contributed by atoms with Crippen molar-refractivity contribution in [2.75, 3.05) is 7.11 Å². The Kier molecular flexibility index (Phi) is 6.33. The van der Waals surface area contributed by atoms with Gasteiger partial charge in [-0.1, -0.05) is 0 Å². The molecule has 0 aliphatic rings. The molecule has 6 heteroatoms. The molecule has 0 spiro atoms. The summed E-state index contributed by atoms with van der Waals surface area (Å²) in [5, 5.41) is 11.2. The van der Waals surface area contributed by atoms with Gasteiger partial charge in [-0.2, -0.15) is 0 Å². The Hall–Kier alpha value is -0.750. The molecule has 0 radical (unpaired) electrons. The Morgan fingerprint density at radius 3 is 2.70 bits per heavy atom. The minimum atomic E-state index is -1.07. The quantitative estimate of drug-likeness (QED) is 0.523. The third kappa shape index (κ3) is 3.88. The van der Waals surface area contributed by atoms with E-state index in [1.54, 1.807) is 14.0 Å². The Bertz CT molecular complexity index is 633. The normalized spacial score (nSPS) is 11.8. The predicted octanol–water partition coefficient (Wildman–Crippen LogP) is -1.21. The van der Waals surface area contributed by atoms with Gasteiger partial charge in [-0.05, 0) is 38.1 Å². The first-order valence-electron chi connectivity index (χ1n) is 5.84. The third-order valence-electron chi connectivity index (χ3n) is 2.74. The van der Waals surface area contributed by atoms with Crippen molar-refractivity contribution in [2.45, 2.75) is 24.0 Å². The van der Waals surface area contributed by atoms with Crippen LogP contribution in [0.15, 0.2) is 29.2 Å². The number of carbonyl (C=O) groups excluding carboxylic acids is 1. The molecule has 0 bridgehead atoms.